The Morgan fingerprint density at radius 1 is 1.37 bits per heavy atom. The van der Waals surface area contributed by atoms with Crippen molar-refractivity contribution in [1.82, 2.24) is 14.8 Å². The molecule has 0 saturated heterocycles. The Morgan fingerprint density at radius 3 is 2.58 bits per heavy atom. The summed E-state index contributed by atoms with van der Waals surface area (Å²) in [6, 6.07) is 2.81. The van der Waals surface area contributed by atoms with Crippen molar-refractivity contribution in [1.29, 1.82) is 0 Å². The summed E-state index contributed by atoms with van der Waals surface area (Å²) in [5.41, 5.74) is -2.07. The molecule has 4 nitrogen and oxygen atoms in total. The molecule has 2 aromatic rings. The van der Waals surface area contributed by atoms with Crippen LogP contribution in [0, 0.1) is 0 Å². The Labute approximate surface area is 114 Å². The van der Waals surface area contributed by atoms with Crippen LogP contribution in [0.15, 0.2) is 24.5 Å². The second-order valence-electron chi connectivity index (χ2n) is 3.40. The summed E-state index contributed by atoms with van der Waals surface area (Å²) in [6.45, 7) is 0. The van der Waals surface area contributed by atoms with Crippen molar-refractivity contribution in [2.45, 2.75) is 6.18 Å². The Hall–Kier alpha value is -1.60. The van der Waals surface area contributed by atoms with Crippen molar-refractivity contribution in [2.75, 3.05) is 0 Å². The molecular formula is C10H4Cl2F3N3O. The number of aromatic nitrogens is 3. The lowest BCUT2D eigenvalue weighted by Crippen LogP contribution is -2.17. The normalized spacial score (nSPS) is 11.6. The van der Waals surface area contributed by atoms with E-state index >= 15 is 0 Å². The van der Waals surface area contributed by atoms with Crippen molar-refractivity contribution in [2.24, 2.45) is 0 Å². The highest BCUT2D eigenvalue weighted by molar-refractivity contribution is 6.67. The molecular weight excluding hydrogens is 306 g/mol. The maximum Gasteiger partial charge on any atom is 0.434 e. The van der Waals surface area contributed by atoms with Gasteiger partial charge in [0.1, 0.15) is 0 Å². The van der Waals surface area contributed by atoms with E-state index in [-0.39, 0.29) is 10.8 Å². The van der Waals surface area contributed by atoms with E-state index in [1.54, 1.807) is 0 Å². The first kappa shape index (κ1) is 13.8. The van der Waals surface area contributed by atoms with Gasteiger partial charge in [0, 0.05) is 6.20 Å². The van der Waals surface area contributed by atoms with Gasteiger partial charge in [-0.15, -0.1) is 0 Å². The Bertz CT molecular complexity index is 639. The number of nitrogens with zero attached hydrogens (tertiary/aromatic N) is 3. The molecule has 0 unspecified atom stereocenters. The lowest BCUT2D eigenvalue weighted by atomic mass is 10.2. The van der Waals surface area contributed by atoms with Crippen molar-refractivity contribution in [3.8, 4) is 5.82 Å². The first-order valence-electron chi connectivity index (χ1n) is 4.78. The molecule has 0 spiro atoms. The minimum atomic E-state index is -4.82. The largest absolute Gasteiger partial charge is 0.434 e. The van der Waals surface area contributed by atoms with Crippen LogP contribution in [0.2, 0.25) is 5.02 Å². The third-order valence-corrected chi connectivity index (χ3v) is 2.69. The fourth-order valence-electron chi connectivity index (χ4n) is 1.46. The van der Waals surface area contributed by atoms with Gasteiger partial charge < -0.3 is 0 Å². The molecule has 9 heteroatoms. The first-order valence-corrected chi connectivity index (χ1v) is 5.54. The van der Waals surface area contributed by atoms with E-state index in [4.69, 9.17) is 23.2 Å². The summed E-state index contributed by atoms with van der Waals surface area (Å²) in [5, 5.41) is 2.18. The van der Waals surface area contributed by atoms with Gasteiger partial charge in [-0.25, -0.2) is 9.67 Å². The number of carbonyl (C=O) groups is 1. The number of pyridine rings is 1. The first-order chi connectivity index (χ1) is 8.82. The molecule has 0 bridgehead atoms. The van der Waals surface area contributed by atoms with Crippen LogP contribution in [0.5, 0.6) is 0 Å². The molecule has 0 saturated carbocycles. The molecule has 0 aliphatic heterocycles. The third-order valence-electron chi connectivity index (χ3n) is 2.19. The second-order valence-corrected chi connectivity index (χ2v) is 4.15. The van der Waals surface area contributed by atoms with Crippen LogP contribution in [0.25, 0.3) is 5.82 Å². The SMILES string of the molecule is O=C(Cl)c1cnn(-c2ncccc2Cl)c1C(F)(F)F. The Kier molecular flexibility index (Phi) is 3.51. The fourth-order valence-corrected chi connectivity index (χ4v) is 1.80. The van der Waals surface area contributed by atoms with Gasteiger partial charge in [0.2, 0.25) is 0 Å². The third kappa shape index (κ3) is 2.57. The van der Waals surface area contributed by atoms with Crippen molar-refractivity contribution in [3.63, 3.8) is 0 Å². The van der Waals surface area contributed by atoms with E-state index in [1.807, 2.05) is 0 Å². The molecule has 0 aromatic carbocycles. The van der Waals surface area contributed by atoms with Crippen LogP contribution in [0.1, 0.15) is 16.1 Å². The number of rotatable bonds is 2. The highest BCUT2D eigenvalue weighted by Gasteiger charge is 2.40. The topological polar surface area (TPSA) is 47.8 Å². The molecule has 2 aromatic heterocycles. The Morgan fingerprint density at radius 2 is 2.05 bits per heavy atom. The second kappa shape index (κ2) is 4.82. The van der Waals surface area contributed by atoms with Crippen LogP contribution in [-0.4, -0.2) is 20.0 Å². The van der Waals surface area contributed by atoms with Crippen molar-refractivity contribution >= 4 is 28.4 Å². The van der Waals surface area contributed by atoms with E-state index in [1.165, 1.54) is 18.3 Å². The summed E-state index contributed by atoms with van der Waals surface area (Å²) in [5.74, 6) is -0.236. The highest BCUT2D eigenvalue weighted by Crippen LogP contribution is 2.34. The number of carbonyl (C=O) groups excluding carboxylic acids is 1. The minimum Gasteiger partial charge on any atom is -0.275 e. The van der Waals surface area contributed by atoms with Gasteiger partial charge in [0.05, 0.1) is 16.8 Å². The van der Waals surface area contributed by atoms with E-state index in [0.29, 0.717) is 4.68 Å². The summed E-state index contributed by atoms with van der Waals surface area (Å²) in [6.07, 6.45) is -2.84. The van der Waals surface area contributed by atoms with Gasteiger partial charge in [-0.05, 0) is 23.7 Å². The molecule has 100 valence electrons. The molecule has 0 aliphatic rings. The van der Waals surface area contributed by atoms with Gasteiger partial charge >= 0.3 is 6.18 Å². The molecule has 0 aliphatic carbocycles. The molecule has 0 atom stereocenters. The van der Waals surface area contributed by atoms with Gasteiger partial charge in [0.15, 0.2) is 11.5 Å². The Balaban J connectivity index is 2.73. The number of hydrogen-bond acceptors (Lipinski definition) is 3. The van der Waals surface area contributed by atoms with Crippen molar-refractivity contribution in [3.05, 3.63) is 40.8 Å². The average molecular weight is 310 g/mol. The molecule has 0 N–H and O–H groups in total. The molecule has 2 heterocycles. The zero-order valence-electron chi connectivity index (χ0n) is 8.95. The number of hydrogen-bond donors (Lipinski definition) is 0. The predicted molar refractivity (Wildman–Crippen MR) is 61.6 cm³/mol. The summed E-state index contributed by atoms with van der Waals surface area (Å²) >= 11 is 10.9. The highest BCUT2D eigenvalue weighted by atomic mass is 35.5. The van der Waals surface area contributed by atoms with Gasteiger partial charge in [-0.3, -0.25) is 4.79 Å². The molecule has 0 radical (unpaired) electrons. The minimum absolute atomic E-state index is 0.0373. The van der Waals surface area contributed by atoms with E-state index in [0.717, 1.165) is 6.20 Å². The van der Waals surface area contributed by atoms with Crippen LogP contribution in [-0.2, 0) is 6.18 Å². The lowest BCUT2D eigenvalue weighted by molar-refractivity contribution is -0.143. The smallest absolute Gasteiger partial charge is 0.275 e. The molecule has 2 rings (SSSR count). The zero-order chi connectivity index (χ0) is 14.2. The maximum atomic E-state index is 13.0. The van der Waals surface area contributed by atoms with E-state index < -0.39 is 22.7 Å². The van der Waals surface area contributed by atoms with Crippen LogP contribution >= 0.6 is 23.2 Å². The van der Waals surface area contributed by atoms with Crippen LogP contribution in [0.3, 0.4) is 0 Å². The van der Waals surface area contributed by atoms with Gasteiger partial charge in [0.25, 0.3) is 5.24 Å². The maximum absolute atomic E-state index is 13.0. The molecule has 19 heavy (non-hydrogen) atoms. The van der Waals surface area contributed by atoms with Gasteiger partial charge in [-0.2, -0.15) is 18.3 Å². The average Bonchev–Trinajstić information content (AvgIpc) is 2.73. The van der Waals surface area contributed by atoms with Crippen LogP contribution in [0.4, 0.5) is 13.2 Å². The molecule has 0 amide bonds. The quantitative estimate of drug-likeness (QED) is 0.800. The lowest BCUT2D eigenvalue weighted by Gasteiger charge is -2.11. The monoisotopic (exact) mass is 309 g/mol. The van der Waals surface area contributed by atoms with Crippen molar-refractivity contribution < 1.29 is 18.0 Å². The summed E-state index contributed by atoms with van der Waals surface area (Å²) in [7, 11) is 0. The summed E-state index contributed by atoms with van der Waals surface area (Å²) in [4.78, 5) is 14.7. The predicted octanol–water partition coefficient (Wildman–Crippen LogP) is 3.32. The summed E-state index contributed by atoms with van der Waals surface area (Å²) < 4.78 is 39.4. The van der Waals surface area contributed by atoms with E-state index in [9.17, 15) is 18.0 Å². The standard InChI is InChI=1S/C10H4Cl2F3N3O/c11-6-2-1-3-16-9(6)18-7(10(13,14)15)5(4-17-18)8(12)19/h1-4H. The van der Waals surface area contributed by atoms with Crippen LogP contribution < -0.4 is 0 Å². The number of halogens is 5. The van der Waals surface area contributed by atoms with Gasteiger partial charge in [-0.1, -0.05) is 11.6 Å². The van der Waals surface area contributed by atoms with E-state index in [2.05, 4.69) is 10.1 Å². The number of alkyl halides is 3. The zero-order valence-corrected chi connectivity index (χ0v) is 10.5. The molecule has 0 fully saturated rings. The fraction of sp³-hybridized carbons (Fsp3) is 0.100.